The summed E-state index contributed by atoms with van der Waals surface area (Å²) in [7, 11) is 0. The number of hydrogen-bond donors (Lipinski definition) is 1. The molecule has 2 aromatic rings. The quantitative estimate of drug-likeness (QED) is 0.860. The summed E-state index contributed by atoms with van der Waals surface area (Å²) in [4.78, 5) is 12.1. The Kier molecular flexibility index (Phi) is 3.40. The van der Waals surface area contributed by atoms with E-state index in [-0.39, 0.29) is 17.5 Å². The zero-order valence-corrected chi connectivity index (χ0v) is 12.6. The van der Waals surface area contributed by atoms with Crippen LogP contribution in [-0.4, -0.2) is 11.2 Å². The molecular formula is C17H20O4. The van der Waals surface area contributed by atoms with Crippen LogP contribution in [0.15, 0.2) is 21.3 Å². The first-order valence-electron chi connectivity index (χ1n) is 7.44. The highest BCUT2D eigenvalue weighted by atomic mass is 16.5. The molecule has 1 aromatic carbocycles. The lowest BCUT2D eigenvalue weighted by Crippen LogP contribution is -2.20. The zero-order valence-electron chi connectivity index (χ0n) is 12.6. The van der Waals surface area contributed by atoms with Gasteiger partial charge in [-0.1, -0.05) is 6.92 Å². The van der Waals surface area contributed by atoms with E-state index in [2.05, 4.69) is 6.92 Å². The average molecular weight is 288 g/mol. The van der Waals surface area contributed by atoms with E-state index in [1.807, 2.05) is 13.8 Å². The van der Waals surface area contributed by atoms with Crippen molar-refractivity contribution in [3.63, 3.8) is 0 Å². The topological polar surface area (TPSA) is 59.7 Å². The molecule has 0 bridgehead atoms. The van der Waals surface area contributed by atoms with E-state index in [9.17, 15) is 9.90 Å². The fraction of sp³-hybridized carbons (Fsp3) is 0.471. The Labute approximate surface area is 123 Å². The minimum atomic E-state index is -0.287. The van der Waals surface area contributed by atoms with E-state index < -0.39 is 0 Å². The second-order valence-corrected chi connectivity index (χ2v) is 6.18. The Hall–Kier alpha value is -1.97. The summed E-state index contributed by atoms with van der Waals surface area (Å²) in [5.41, 5.74) is 1.77. The molecule has 1 heterocycles. The number of phenolic OH excluding ortho intramolecular Hbond substituents is 1. The van der Waals surface area contributed by atoms with Gasteiger partial charge < -0.3 is 14.3 Å². The first-order chi connectivity index (χ1) is 9.95. The van der Waals surface area contributed by atoms with Crippen molar-refractivity contribution in [3.05, 3.63) is 33.7 Å². The second kappa shape index (κ2) is 5.10. The molecule has 4 nitrogen and oxygen atoms in total. The van der Waals surface area contributed by atoms with E-state index in [1.54, 1.807) is 12.1 Å². The second-order valence-electron chi connectivity index (χ2n) is 6.18. The van der Waals surface area contributed by atoms with Crippen LogP contribution in [0.4, 0.5) is 0 Å². The van der Waals surface area contributed by atoms with Crippen LogP contribution in [0.2, 0.25) is 0 Å². The van der Waals surface area contributed by atoms with Gasteiger partial charge in [-0.15, -0.1) is 0 Å². The molecule has 0 saturated heterocycles. The maximum absolute atomic E-state index is 12.1. The monoisotopic (exact) mass is 288 g/mol. The molecule has 0 amide bonds. The minimum Gasteiger partial charge on any atom is -0.507 e. The molecule has 3 rings (SSSR count). The first-order valence-corrected chi connectivity index (χ1v) is 7.44. The van der Waals surface area contributed by atoms with Gasteiger partial charge >= 0.3 is 5.63 Å². The van der Waals surface area contributed by atoms with E-state index >= 15 is 0 Å². The van der Waals surface area contributed by atoms with Crippen LogP contribution < -0.4 is 10.4 Å². The third-order valence-electron chi connectivity index (χ3n) is 3.98. The predicted molar refractivity (Wildman–Crippen MR) is 81.1 cm³/mol. The number of aromatic hydroxyl groups is 1. The van der Waals surface area contributed by atoms with Gasteiger partial charge in [0.2, 0.25) is 0 Å². The van der Waals surface area contributed by atoms with Crippen LogP contribution in [-0.2, 0) is 12.8 Å². The van der Waals surface area contributed by atoms with Gasteiger partial charge in [0.25, 0.3) is 0 Å². The zero-order chi connectivity index (χ0) is 15.1. The lowest BCUT2D eigenvalue weighted by Gasteiger charge is -2.22. The SMILES string of the molecule is CC1CCc2c(c3c(O)cc(OC(C)C)cc3oc2=O)C1. The van der Waals surface area contributed by atoms with Crippen LogP contribution >= 0.6 is 0 Å². The average Bonchev–Trinajstić information content (AvgIpc) is 2.36. The molecule has 0 aliphatic heterocycles. The third-order valence-corrected chi connectivity index (χ3v) is 3.98. The summed E-state index contributed by atoms with van der Waals surface area (Å²) in [5, 5.41) is 11.0. The number of ether oxygens (including phenoxy) is 1. The summed E-state index contributed by atoms with van der Waals surface area (Å²) in [5.74, 6) is 1.15. The summed E-state index contributed by atoms with van der Waals surface area (Å²) >= 11 is 0. The summed E-state index contributed by atoms with van der Waals surface area (Å²) in [6.45, 7) is 5.98. The van der Waals surface area contributed by atoms with Crippen molar-refractivity contribution in [1.82, 2.24) is 0 Å². The predicted octanol–water partition coefficient (Wildman–Crippen LogP) is 3.41. The normalized spacial score (nSPS) is 18.0. The van der Waals surface area contributed by atoms with Crippen molar-refractivity contribution in [3.8, 4) is 11.5 Å². The van der Waals surface area contributed by atoms with Gasteiger partial charge in [0.05, 0.1) is 11.5 Å². The number of fused-ring (bicyclic) bond motifs is 3. The number of hydrogen-bond acceptors (Lipinski definition) is 4. The van der Waals surface area contributed by atoms with Crippen LogP contribution in [0.1, 0.15) is 38.3 Å². The Morgan fingerprint density at radius 2 is 2.10 bits per heavy atom. The van der Waals surface area contributed by atoms with E-state index in [1.165, 1.54) is 0 Å². The van der Waals surface area contributed by atoms with Crippen LogP contribution in [0.3, 0.4) is 0 Å². The van der Waals surface area contributed by atoms with Crippen LogP contribution in [0.25, 0.3) is 11.0 Å². The molecule has 0 spiro atoms. The summed E-state index contributed by atoms with van der Waals surface area (Å²) in [6.07, 6.45) is 2.50. The van der Waals surface area contributed by atoms with Gasteiger partial charge in [0.15, 0.2) is 0 Å². The van der Waals surface area contributed by atoms with Crippen molar-refractivity contribution < 1.29 is 14.3 Å². The minimum absolute atomic E-state index is 0.00813. The van der Waals surface area contributed by atoms with Gasteiger partial charge in [-0.25, -0.2) is 4.79 Å². The Bertz CT molecular complexity index is 743. The van der Waals surface area contributed by atoms with Crippen LogP contribution in [0, 0.1) is 5.92 Å². The lowest BCUT2D eigenvalue weighted by molar-refractivity contribution is 0.241. The van der Waals surface area contributed by atoms with Gasteiger partial charge in [-0.05, 0) is 44.6 Å². The highest BCUT2D eigenvalue weighted by molar-refractivity contribution is 5.89. The number of rotatable bonds is 2. The van der Waals surface area contributed by atoms with E-state index in [0.717, 1.165) is 24.8 Å². The molecule has 1 N–H and O–H groups in total. The van der Waals surface area contributed by atoms with Crippen LogP contribution in [0.5, 0.6) is 11.5 Å². The fourth-order valence-corrected chi connectivity index (χ4v) is 3.06. The Balaban J connectivity index is 2.25. The van der Waals surface area contributed by atoms with Crippen molar-refractivity contribution in [1.29, 1.82) is 0 Å². The lowest BCUT2D eigenvalue weighted by atomic mass is 9.84. The van der Waals surface area contributed by atoms with E-state index in [0.29, 0.717) is 28.2 Å². The van der Waals surface area contributed by atoms with Crippen molar-refractivity contribution in [2.24, 2.45) is 5.92 Å². The molecule has 1 atom stereocenters. The maximum atomic E-state index is 12.1. The maximum Gasteiger partial charge on any atom is 0.339 e. The molecule has 1 aliphatic rings. The van der Waals surface area contributed by atoms with Crippen molar-refractivity contribution in [2.75, 3.05) is 0 Å². The standard InChI is InChI=1S/C17H20O4/c1-9(2)20-11-7-14(18)16-13-6-10(3)4-5-12(13)17(19)21-15(16)8-11/h7-10,18H,4-6H2,1-3H3. The Morgan fingerprint density at radius 3 is 2.81 bits per heavy atom. The van der Waals surface area contributed by atoms with Crippen molar-refractivity contribution in [2.45, 2.75) is 46.1 Å². The fourth-order valence-electron chi connectivity index (χ4n) is 3.06. The van der Waals surface area contributed by atoms with E-state index in [4.69, 9.17) is 9.15 Å². The van der Waals surface area contributed by atoms with Gasteiger partial charge in [-0.3, -0.25) is 0 Å². The molecule has 0 radical (unpaired) electrons. The smallest absolute Gasteiger partial charge is 0.339 e. The first kappa shape index (κ1) is 14.0. The number of benzene rings is 1. The molecule has 0 saturated carbocycles. The van der Waals surface area contributed by atoms with Gasteiger partial charge in [0.1, 0.15) is 17.1 Å². The molecule has 1 unspecified atom stereocenters. The van der Waals surface area contributed by atoms with Gasteiger partial charge in [0, 0.05) is 17.7 Å². The summed E-state index contributed by atoms with van der Waals surface area (Å²) in [6, 6.07) is 3.29. The largest absolute Gasteiger partial charge is 0.507 e. The molecule has 1 aliphatic carbocycles. The van der Waals surface area contributed by atoms with Crippen molar-refractivity contribution >= 4 is 11.0 Å². The summed E-state index contributed by atoms with van der Waals surface area (Å²) < 4.78 is 11.0. The molecule has 4 heteroatoms. The number of phenols is 1. The molecule has 112 valence electrons. The molecular weight excluding hydrogens is 268 g/mol. The highest BCUT2D eigenvalue weighted by Crippen LogP contribution is 2.37. The highest BCUT2D eigenvalue weighted by Gasteiger charge is 2.24. The molecule has 1 aromatic heterocycles. The third kappa shape index (κ3) is 2.50. The van der Waals surface area contributed by atoms with Gasteiger partial charge in [-0.2, -0.15) is 0 Å². The Morgan fingerprint density at radius 1 is 1.33 bits per heavy atom. The molecule has 21 heavy (non-hydrogen) atoms. The molecule has 0 fully saturated rings.